The quantitative estimate of drug-likeness (QED) is 0.507. The molecule has 1 N–H and O–H groups in total. The number of fused-ring (bicyclic) bond motifs is 1. The van der Waals surface area contributed by atoms with Crippen LogP contribution in [0.2, 0.25) is 0 Å². The van der Waals surface area contributed by atoms with Crippen LogP contribution in [0, 0.1) is 0 Å². The molecule has 164 valence electrons. The second-order valence-corrected chi connectivity index (χ2v) is 6.77. The molecular weight excluding hydrogens is 406 g/mol. The van der Waals surface area contributed by atoms with E-state index in [-0.39, 0.29) is 23.5 Å². The number of carboxylic acids is 1. The second-order valence-electron chi connectivity index (χ2n) is 6.77. The summed E-state index contributed by atoms with van der Waals surface area (Å²) in [5.74, 6) is -1.75. The molecule has 0 unspecified atom stereocenters. The zero-order valence-electron chi connectivity index (χ0n) is 17.3. The second kappa shape index (κ2) is 9.37. The van der Waals surface area contributed by atoms with Crippen molar-refractivity contribution in [3.8, 4) is 0 Å². The zero-order valence-corrected chi connectivity index (χ0v) is 17.3. The number of hydrogen-bond donors (Lipinski definition) is 1. The predicted molar refractivity (Wildman–Crippen MR) is 111 cm³/mol. The number of esters is 1. The van der Waals surface area contributed by atoms with Crippen molar-refractivity contribution in [2.24, 2.45) is 0 Å². The van der Waals surface area contributed by atoms with Crippen LogP contribution in [-0.2, 0) is 20.9 Å². The van der Waals surface area contributed by atoms with Gasteiger partial charge in [-0.2, -0.15) is 4.98 Å². The third-order valence-electron chi connectivity index (χ3n) is 4.90. The highest BCUT2D eigenvalue weighted by Crippen LogP contribution is 2.16. The van der Waals surface area contributed by atoms with E-state index in [1.165, 1.54) is 18.5 Å². The molecule has 0 aromatic carbocycles. The summed E-state index contributed by atoms with van der Waals surface area (Å²) in [6.45, 7) is 5.94. The molecular formula is C20H23N5O6. The fourth-order valence-electron chi connectivity index (χ4n) is 3.27. The van der Waals surface area contributed by atoms with E-state index < -0.39 is 17.4 Å². The Balaban J connectivity index is 1.76. The first-order valence-electron chi connectivity index (χ1n) is 9.87. The van der Waals surface area contributed by atoms with Gasteiger partial charge in [0.1, 0.15) is 11.2 Å². The number of nitrogens with zero attached hydrogens (tertiary/aromatic N) is 5. The first kappa shape index (κ1) is 21.9. The van der Waals surface area contributed by atoms with Crippen LogP contribution in [0.4, 0.5) is 5.95 Å². The van der Waals surface area contributed by atoms with Crippen LogP contribution in [0.3, 0.4) is 0 Å². The molecule has 0 saturated carbocycles. The van der Waals surface area contributed by atoms with Gasteiger partial charge in [0.2, 0.25) is 17.3 Å². The molecule has 1 amide bonds. The van der Waals surface area contributed by atoms with Crippen LogP contribution in [0.5, 0.6) is 0 Å². The molecule has 1 saturated heterocycles. The first-order valence-corrected chi connectivity index (χ1v) is 9.87. The number of carboxylic acid groups (broad SMARTS) is 1. The number of hydrogen-bond acceptors (Lipinski definition) is 8. The van der Waals surface area contributed by atoms with E-state index >= 15 is 0 Å². The lowest BCUT2D eigenvalue weighted by Gasteiger charge is -2.34. The minimum absolute atomic E-state index is 0.142. The minimum atomic E-state index is -1.30. The smallest absolute Gasteiger partial charge is 0.341 e. The maximum Gasteiger partial charge on any atom is 0.341 e. The van der Waals surface area contributed by atoms with Crippen LogP contribution < -0.4 is 10.3 Å². The molecule has 3 heterocycles. The SMILES string of the molecule is CCOC(=O)C=CC(=O)N1CCN(c2ncc3c(=O)c(C(=O)O)cn(CC)c3n2)CC1. The highest BCUT2D eigenvalue weighted by molar-refractivity contribution is 5.94. The summed E-state index contributed by atoms with van der Waals surface area (Å²) >= 11 is 0. The molecule has 11 heteroatoms. The number of ether oxygens (including phenoxy) is 1. The number of anilines is 1. The van der Waals surface area contributed by atoms with E-state index in [1.54, 1.807) is 16.4 Å². The van der Waals surface area contributed by atoms with Crippen molar-refractivity contribution in [3.63, 3.8) is 0 Å². The monoisotopic (exact) mass is 429 g/mol. The van der Waals surface area contributed by atoms with Crippen molar-refractivity contribution in [1.82, 2.24) is 19.4 Å². The Morgan fingerprint density at radius 3 is 2.48 bits per heavy atom. The zero-order chi connectivity index (χ0) is 22.5. The molecule has 31 heavy (non-hydrogen) atoms. The van der Waals surface area contributed by atoms with Gasteiger partial charge in [0.25, 0.3) is 0 Å². The largest absolute Gasteiger partial charge is 0.477 e. The molecule has 11 nitrogen and oxygen atoms in total. The summed E-state index contributed by atoms with van der Waals surface area (Å²) < 4.78 is 6.36. The average molecular weight is 429 g/mol. The topological polar surface area (TPSA) is 135 Å². The normalized spacial score (nSPS) is 14.3. The molecule has 0 aliphatic carbocycles. The van der Waals surface area contributed by atoms with Gasteiger partial charge >= 0.3 is 11.9 Å². The third-order valence-corrected chi connectivity index (χ3v) is 4.90. The summed E-state index contributed by atoms with van der Waals surface area (Å²) in [4.78, 5) is 59.5. The van der Waals surface area contributed by atoms with Gasteiger partial charge < -0.3 is 24.2 Å². The fraction of sp³-hybridized carbons (Fsp3) is 0.400. The van der Waals surface area contributed by atoms with Gasteiger partial charge in [0, 0.05) is 57.3 Å². The highest BCUT2D eigenvalue weighted by Gasteiger charge is 2.23. The van der Waals surface area contributed by atoms with E-state index in [4.69, 9.17) is 4.74 Å². The highest BCUT2D eigenvalue weighted by atomic mass is 16.5. The van der Waals surface area contributed by atoms with Crippen molar-refractivity contribution < 1.29 is 24.2 Å². The number of piperazine rings is 1. The van der Waals surface area contributed by atoms with Crippen LogP contribution in [0.15, 0.2) is 29.3 Å². The molecule has 3 rings (SSSR count). The number of carbonyl (C=O) groups excluding carboxylic acids is 2. The number of pyridine rings is 1. The van der Waals surface area contributed by atoms with E-state index in [0.29, 0.717) is 44.3 Å². The molecule has 2 aromatic heterocycles. The van der Waals surface area contributed by atoms with E-state index in [9.17, 15) is 24.3 Å². The fourth-order valence-corrected chi connectivity index (χ4v) is 3.27. The number of aromatic nitrogens is 3. The summed E-state index contributed by atoms with van der Waals surface area (Å²) in [7, 11) is 0. The van der Waals surface area contributed by atoms with Crippen molar-refractivity contribution >= 4 is 34.8 Å². The van der Waals surface area contributed by atoms with E-state index in [2.05, 4.69) is 9.97 Å². The maximum atomic E-state index is 12.4. The van der Waals surface area contributed by atoms with Gasteiger partial charge in [0.05, 0.1) is 12.0 Å². The molecule has 0 atom stereocenters. The Morgan fingerprint density at radius 1 is 1.16 bits per heavy atom. The Hall–Kier alpha value is -3.76. The minimum Gasteiger partial charge on any atom is -0.477 e. The first-order chi connectivity index (χ1) is 14.8. The summed E-state index contributed by atoms with van der Waals surface area (Å²) in [6, 6.07) is 0. The van der Waals surface area contributed by atoms with Crippen LogP contribution in [-0.4, -0.2) is 75.2 Å². The van der Waals surface area contributed by atoms with Gasteiger partial charge in [-0.15, -0.1) is 0 Å². The number of aryl methyl sites for hydroxylation is 1. The molecule has 0 radical (unpaired) electrons. The maximum absolute atomic E-state index is 12.4. The number of carbonyl (C=O) groups is 3. The molecule has 0 bridgehead atoms. The number of rotatable bonds is 6. The van der Waals surface area contributed by atoms with Gasteiger partial charge in [0.15, 0.2) is 0 Å². The summed E-state index contributed by atoms with van der Waals surface area (Å²) in [5, 5.41) is 9.39. The molecule has 1 aliphatic rings. The predicted octanol–water partition coefficient (Wildman–Crippen LogP) is 0.278. The van der Waals surface area contributed by atoms with Crippen LogP contribution in [0.1, 0.15) is 24.2 Å². The Labute approximate surface area is 177 Å². The van der Waals surface area contributed by atoms with Gasteiger partial charge in [-0.25, -0.2) is 14.6 Å². The van der Waals surface area contributed by atoms with Gasteiger partial charge in [-0.05, 0) is 13.8 Å². The Bertz CT molecular complexity index is 1100. The number of amides is 1. The number of aromatic carboxylic acids is 1. The molecule has 0 spiro atoms. The Morgan fingerprint density at radius 2 is 1.87 bits per heavy atom. The third kappa shape index (κ3) is 4.71. The average Bonchev–Trinajstić information content (AvgIpc) is 2.77. The standard InChI is InChI=1S/C20H23N5O6/c1-3-23-12-14(19(29)30)17(28)13-11-21-20(22-18(13)23)25-9-7-24(8-10-25)15(26)5-6-16(27)31-4-2/h5-6,11-12H,3-4,7-10H2,1-2H3,(H,29,30). The Kier molecular flexibility index (Phi) is 6.63. The van der Waals surface area contributed by atoms with Crippen molar-refractivity contribution in [1.29, 1.82) is 0 Å². The van der Waals surface area contributed by atoms with E-state index in [1.807, 2.05) is 11.8 Å². The molecule has 1 fully saturated rings. The lowest BCUT2D eigenvalue weighted by molar-refractivity contribution is -0.137. The van der Waals surface area contributed by atoms with Crippen LogP contribution in [0.25, 0.3) is 11.0 Å². The van der Waals surface area contributed by atoms with Gasteiger partial charge in [-0.1, -0.05) is 0 Å². The molecule has 2 aromatic rings. The lowest BCUT2D eigenvalue weighted by Crippen LogP contribution is -2.49. The summed E-state index contributed by atoms with van der Waals surface area (Å²) in [6.07, 6.45) is 4.94. The van der Waals surface area contributed by atoms with E-state index in [0.717, 1.165) is 6.08 Å². The van der Waals surface area contributed by atoms with Crippen molar-refractivity contribution in [2.45, 2.75) is 20.4 Å². The lowest BCUT2D eigenvalue weighted by atomic mass is 10.2. The van der Waals surface area contributed by atoms with Gasteiger partial charge in [-0.3, -0.25) is 9.59 Å². The summed E-state index contributed by atoms with van der Waals surface area (Å²) in [5.41, 5.74) is -0.588. The van der Waals surface area contributed by atoms with Crippen molar-refractivity contribution in [2.75, 3.05) is 37.7 Å². The van der Waals surface area contributed by atoms with Crippen LogP contribution >= 0.6 is 0 Å². The molecule has 1 aliphatic heterocycles. The van der Waals surface area contributed by atoms with Crippen molar-refractivity contribution in [3.05, 3.63) is 40.3 Å².